The number of rotatable bonds is 6. The largest absolute Gasteiger partial charge is 0.481 e. The Kier molecular flexibility index (Phi) is 5.09. The number of methoxy groups -OCH3 is 1. The maximum absolute atomic E-state index is 12.4. The van der Waals surface area contributed by atoms with Crippen LogP contribution in [0.4, 0.5) is 0 Å². The van der Waals surface area contributed by atoms with E-state index >= 15 is 0 Å². The number of amides is 1. The molecule has 0 atom stereocenters. The van der Waals surface area contributed by atoms with Gasteiger partial charge in [-0.25, -0.2) is 9.97 Å². The number of ether oxygens (including phenoxy) is 1. The van der Waals surface area contributed by atoms with Crippen LogP contribution in [0, 0.1) is 6.92 Å². The molecule has 0 saturated heterocycles. The van der Waals surface area contributed by atoms with E-state index in [9.17, 15) is 4.79 Å². The molecule has 0 aliphatic rings. The van der Waals surface area contributed by atoms with Gasteiger partial charge in [0.25, 0.3) is 5.91 Å². The molecule has 3 heterocycles. The summed E-state index contributed by atoms with van der Waals surface area (Å²) in [5, 5.41) is 2.90. The summed E-state index contributed by atoms with van der Waals surface area (Å²) in [5.41, 5.74) is 2.78. The molecular formula is C19H19N3O3. The van der Waals surface area contributed by atoms with Crippen molar-refractivity contribution in [3.8, 4) is 17.3 Å². The van der Waals surface area contributed by atoms with E-state index in [1.54, 1.807) is 37.6 Å². The minimum absolute atomic E-state index is 0.154. The predicted molar refractivity (Wildman–Crippen MR) is 93.5 cm³/mol. The van der Waals surface area contributed by atoms with Gasteiger partial charge in [-0.3, -0.25) is 4.79 Å². The molecule has 1 N–H and O–H groups in total. The number of furan rings is 1. The topological polar surface area (TPSA) is 77.2 Å². The second-order valence-electron chi connectivity index (χ2n) is 5.48. The van der Waals surface area contributed by atoms with E-state index in [2.05, 4.69) is 15.3 Å². The third kappa shape index (κ3) is 4.03. The van der Waals surface area contributed by atoms with Gasteiger partial charge in [0, 0.05) is 24.7 Å². The number of aromatic nitrogens is 2. The molecule has 0 saturated carbocycles. The average Bonchev–Trinajstić information content (AvgIpc) is 3.16. The summed E-state index contributed by atoms with van der Waals surface area (Å²) >= 11 is 0. The van der Waals surface area contributed by atoms with E-state index in [0.29, 0.717) is 41.6 Å². The molecule has 0 aromatic carbocycles. The number of pyridine rings is 2. The lowest BCUT2D eigenvalue weighted by atomic mass is 10.1. The molecule has 25 heavy (non-hydrogen) atoms. The predicted octanol–water partition coefficient (Wildman–Crippen LogP) is 3.03. The Labute approximate surface area is 145 Å². The SMILES string of the molecule is COc1cccc(CCNC(=O)c2ccc(-c3ccco3)nc2C)n1. The molecule has 0 fully saturated rings. The van der Waals surface area contributed by atoms with Gasteiger partial charge in [-0.1, -0.05) is 6.07 Å². The van der Waals surface area contributed by atoms with Gasteiger partial charge in [0.15, 0.2) is 5.76 Å². The molecule has 6 heteroatoms. The molecule has 0 bridgehead atoms. The van der Waals surface area contributed by atoms with E-state index < -0.39 is 0 Å². The normalized spacial score (nSPS) is 10.5. The highest BCUT2D eigenvalue weighted by atomic mass is 16.5. The summed E-state index contributed by atoms with van der Waals surface area (Å²) in [6.07, 6.45) is 2.22. The van der Waals surface area contributed by atoms with Crippen molar-refractivity contribution in [3.63, 3.8) is 0 Å². The van der Waals surface area contributed by atoms with E-state index in [-0.39, 0.29) is 5.91 Å². The first kappa shape index (κ1) is 16.7. The molecular weight excluding hydrogens is 318 g/mol. The number of nitrogens with zero attached hydrogens (tertiary/aromatic N) is 2. The molecule has 3 aromatic heterocycles. The summed E-state index contributed by atoms with van der Waals surface area (Å²) in [6.45, 7) is 2.29. The second kappa shape index (κ2) is 7.61. The smallest absolute Gasteiger partial charge is 0.253 e. The number of hydrogen-bond acceptors (Lipinski definition) is 5. The Bertz CT molecular complexity index is 860. The molecule has 1 amide bonds. The molecule has 0 unspecified atom stereocenters. The van der Waals surface area contributed by atoms with Gasteiger partial charge in [0.2, 0.25) is 5.88 Å². The fourth-order valence-electron chi connectivity index (χ4n) is 2.47. The van der Waals surface area contributed by atoms with Gasteiger partial charge < -0.3 is 14.5 Å². The van der Waals surface area contributed by atoms with Crippen molar-refractivity contribution in [2.75, 3.05) is 13.7 Å². The highest BCUT2D eigenvalue weighted by Gasteiger charge is 2.12. The van der Waals surface area contributed by atoms with Crippen LogP contribution >= 0.6 is 0 Å². The molecule has 0 aliphatic carbocycles. The zero-order chi connectivity index (χ0) is 17.6. The summed E-state index contributed by atoms with van der Waals surface area (Å²) in [7, 11) is 1.58. The van der Waals surface area contributed by atoms with Crippen molar-refractivity contribution < 1.29 is 13.9 Å². The minimum atomic E-state index is -0.154. The third-order valence-electron chi connectivity index (χ3n) is 3.76. The zero-order valence-electron chi connectivity index (χ0n) is 14.2. The molecule has 3 aromatic rings. The Hall–Kier alpha value is -3.15. The standard InChI is InChI=1S/C19H19N3O3/c1-13-15(8-9-16(21-13)17-6-4-12-25-17)19(23)20-11-10-14-5-3-7-18(22-14)24-2/h3-9,12H,10-11H2,1-2H3,(H,20,23). The van der Waals surface area contributed by atoms with Gasteiger partial charge in [-0.15, -0.1) is 0 Å². The Morgan fingerprint density at radius 2 is 2.04 bits per heavy atom. The number of carbonyl (C=O) groups excluding carboxylic acids is 1. The molecule has 0 radical (unpaired) electrons. The minimum Gasteiger partial charge on any atom is -0.481 e. The zero-order valence-corrected chi connectivity index (χ0v) is 14.2. The summed E-state index contributed by atoms with van der Waals surface area (Å²) in [5.74, 6) is 1.09. The van der Waals surface area contributed by atoms with Crippen molar-refractivity contribution in [2.45, 2.75) is 13.3 Å². The van der Waals surface area contributed by atoms with Crippen LogP contribution < -0.4 is 10.1 Å². The van der Waals surface area contributed by atoms with Crippen LogP contribution in [0.25, 0.3) is 11.5 Å². The molecule has 128 valence electrons. The number of nitrogens with one attached hydrogen (secondary N) is 1. The van der Waals surface area contributed by atoms with Gasteiger partial charge in [0.05, 0.1) is 24.6 Å². The van der Waals surface area contributed by atoms with Crippen molar-refractivity contribution in [1.29, 1.82) is 0 Å². The van der Waals surface area contributed by atoms with E-state index in [1.165, 1.54) is 0 Å². The number of aryl methyl sites for hydroxylation is 1. The van der Waals surface area contributed by atoms with Crippen LogP contribution in [0.1, 0.15) is 21.7 Å². The monoisotopic (exact) mass is 337 g/mol. The van der Waals surface area contributed by atoms with Crippen molar-refractivity contribution in [3.05, 3.63) is 65.7 Å². The van der Waals surface area contributed by atoms with E-state index in [4.69, 9.17) is 9.15 Å². The second-order valence-corrected chi connectivity index (χ2v) is 5.48. The Morgan fingerprint density at radius 1 is 1.16 bits per heavy atom. The average molecular weight is 337 g/mol. The van der Waals surface area contributed by atoms with Gasteiger partial charge >= 0.3 is 0 Å². The van der Waals surface area contributed by atoms with Crippen LogP contribution in [0.5, 0.6) is 5.88 Å². The lowest BCUT2D eigenvalue weighted by Crippen LogP contribution is -2.26. The lowest BCUT2D eigenvalue weighted by molar-refractivity contribution is 0.0953. The van der Waals surface area contributed by atoms with Crippen LogP contribution in [-0.2, 0) is 6.42 Å². The summed E-state index contributed by atoms with van der Waals surface area (Å²) in [4.78, 5) is 21.1. The maximum Gasteiger partial charge on any atom is 0.253 e. The van der Waals surface area contributed by atoms with Crippen LogP contribution in [0.3, 0.4) is 0 Å². The molecule has 6 nitrogen and oxygen atoms in total. The number of hydrogen-bond donors (Lipinski definition) is 1. The summed E-state index contributed by atoms with van der Waals surface area (Å²) < 4.78 is 10.4. The first-order valence-corrected chi connectivity index (χ1v) is 7.97. The fourth-order valence-corrected chi connectivity index (χ4v) is 2.47. The molecule has 0 spiro atoms. The summed E-state index contributed by atoms with van der Waals surface area (Å²) in [6, 6.07) is 12.8. The first-order chi connectivity index (χ1) is 12.2. The van der Waals surface area contributed by atoms with E-state index in [1.807, 2.05) is 25.1 Å². The number of carbonyl (C=O) groups is 1. The van der Waals surface area contributed by atoms with E-state index in [0.717, 1.165) is 5.69 Å². The Balaban J connectivity index is 1.61. The van der Waals surface area contributed by atoms with Crippen molar-refractivity contribution in [2.24, 2.45) is 0 Å². The quantitative estimate of drug-likeness (QED) is 0.748. The van der Waals surface area contributed by atoms with Gasteiger partial charge in [-0.05, 0) is 37.3 Å². The van der Waals surface area contributed by atoms with Crippen molar-refractivity contribution >= 4 is 5.91 Å². The maximum atomic E-state index is 12.4. The van der Waals surface area contributed by atoms with Crippen LogP contribution in [-0.4, -0.2) is 29.5 Å². The lowest BCUT2D eigenvalue weighted by Gasteiger charge is -2.08. The van der Waals surface area contributed by atoms with Crippen molar-refractivity contribution in [1.82, 2.24) is 15.3 Å². The van der Waals surface area contributed by atoms with Gasteiger partial charge in [-0.2, -0.15) is 0 Å². The molecule has 0 aliphatic heterocycles. The fraction of sp³-hybridized carbons (Fsp3) is 0.211. The van der Waals surface area contributed by atoms with Gasteiger partial charge in [0.1, 0.15) is 5.69 Å². The third-order valence-corrected chi connectivity index (χ3v) is 3.76. The molecule has 3 rings (SSSR count). The van der Waals surface area contributed by atoms with Crippen LogP contribution in [0.2, 0.25) is 0 Å². The first-order valence-electron chi connectivity index (χ1n) is 7.97. The highest BCUT2D eigenvalue weighted by molar-refractivity contribution is 5.95. The highest BCUT2D eigenvalue weighted by Crippen LogP contribution is 2.19. The Morgan fingerprint density at radius 3 is 2.76 bits per heavy atom. The van der Waals surface area contributed by atoms with Crippen LogP contribution in [0.15, 0.2) is 53.1 Å².